The number of hydrogen-bond donors (Lipinski definition) is 2. The zero-order valence-electron chi connectivity index (χ0n) is 17.6. The van der Waals surface area contributed by atoms with Crippen LogP contribution in [0.2, 0.25) is 0 Å². The van der Waals surface area contributed by atoms with Crippen LogP contribution in [0.15, 0.2) is 28.7 Å². The lowest BCUT2D eigenvalue weighted by Gasteiger charge is -2.37. The number of urea groups is 1. The largest absolute Gasteiger partial charge is 0.444 e. The summed E-state index contributed by atoms with van der Waals surface area (Å²) >= 11 is 3.35. The summed E-state index contributed by atoms with van der Waals surface area (Å²) < 4.78 is 6.35. The maximum atomic E-state index is 12.8. The molecule has 30 heavy (non-hydrogen) atoms. The first-order valence-corrected chi connectivity index (χ1v) is 11.0. The van der Waals surface area contributed by atoms with Crippen molar-refractivity contribution in [1.82, 2.24) is 15.1 Å². The minimum absolute atomic E-state index is 0.0586. The fourth-order valence-corrected chi connectivity index (χ4v) is 4.01. The van der Waals surface area contributed by atoms with Gasteiger partial charge in [0.25, 0.3) is 0 Å². The summed E-state index contributed by atoms with van der Waals surface area (Å²) in [5.41, 5.74) is 0.140. The van der Waals surface area contributed by atoms with Gasteiger partial charge in [-0.3, -0.25) is 4.79 Å². The standard InChI is InChI=1S/C21H29BrN4O4/c1-21(2,3)30-20(29)25-11-8-16(9-12-25)26-13-10-17(18(26)27)24-19(28)23-15-6-4-14(22)5-7-15/h4-7,16-17H,8-13H2,1-3H3,(H2,23,24,28). The molecule has 2 saturated heterocycles. The van der Waals surface area contributed by atoms with Gasteiger partial charge in [0.1, 0.15) is 11.6 Å². The fraction of sp³-hybridized carbons (Fsp3) is 0.571. The van der Waals surface area contributed by atoms with Gasteiger partial charge in [-0.25, -0.2) is 9.59 Å². The Kier molecular flexibility index (Phi) is 6.90. The highest BCUT2D eigenvalue weighted by atomic mass is 79.9. The van der Waals surface area contributed by atoms with Crippen molar-refractivity contribution in [3.63, 3.8) is 0 Å². The summed E-state index contributed by atoms with van der Waals surface area (Å²) in [6, 6.07) is 6.40. The fourth-order valence-electron chi connectivity index (χ4n) is 3.74. The van der Waals surface area contributed by atoms with Gasteiger partial charge in [0.05, 0.1) is 0 Å². The van der Waals surface area contributed by atoms with E-state index >= 15 is 0 Å². The van der Waals surface area contributed by atoms with E-state index in [1.807, 2.05) is 37.8 Å². The van der Waals surface area contributed by atoms with E-state index in [0.717, 1.165) is 4.47 Å². The molecule has 0 bridgehead atoms. The Balaban J connectivity index is 1.47. The molecule has 1 atom stereocenters. The Morgan fingerprint density at radius 3 is 2.30 bits per heavy atom. The van der Waals surface area contributed by atoms with Gasteiger partial charge in [-0.1, -0.05) is 15.9 Å². The topological polar surface area (TPSA) is 91.0 Å². The van der Waals surface area contributed by atoms with Crippen LogP contribution in [0.4, 0.5) is 15.3 Å². The van der Waals surface area contributed by atoms with Gasteiger partial charge in [-0.15, -0.1) is 0 Å². The molecule has 2 fully saturated rings. The predicted octanol–water partition coefficient (Wildman–Crippen LogP) is 3.57. The van der Waals surface area contributed by atoms with Crippen LogP contribution in [0, 0.1) is 0 Å². The monoisotopic (exact) mass is 480 g/mol. The lowest BCUT2D eigenvalue weighted by atomic mass is 10.0. The molecule has 4 amide bonds. The molecule has 2 aliphatic heterocycles. The van der Waals surface area contributed by atoms with Crippen LogP contribution in [0.5, 0.6) is 0 Å². The summed E-state index contributed by atoms with van der Waals surface area (Å²) in [7, 11) is 0. The first-order chi connectivity index (χ1) is 14.1. The number of carbonyl (C=O) groups is 3. The number of likely N-dealkylation sites (tertiary alicyclic amines) is 2. The molecule has 2 aliphatic rings. The highest BCUT2D eigenvalue weighted by Gasteiger charge is 2.38. The second-order valence-electron chi connectivity index (χ2n) is 8.68. The van der Waals surface area contributed by atoms with Crippen LogP contribution < -0.4 is 10.6 Å². The second kappa shape index (κ2) is 9.24. The van der Waals surface area contributed by atoms with Crippen molar-refractivity contribution >= 4 is 39.6 Å². The van der Waals surface area contributed by atoms with Gasteiger partial charge >= 0.3 is 12.1 Å². The molecule has 2 N–H and O–H groups in total. The highest BCUT2D eigenvalue weighted by Crippen LogP contribution is 2.24. The van der Waals surface area contributed by atoms with Crippen molar-refractivity contribution in [2.45, 2.75) is 57.7 Å². The Morgan fingerprint density at radius 1 is 1.07 bits per heavy atom. The average molecular weight is 481 g/mol. The highest BCUT2D eigenvalue weighted by molar-refractivity contribution is 9.10. The molecule has 1 aromatic rings. The summed E-state index contributed by atoms with van der Waals surface area (Å²) in [6.07, 6.45) is 1.70. The SMILES string of the molecule is CC(C)(C)OC(=O)N1CCC(N2CCC(NC(=O)Nc3ccc(Br)cc3)C2=O)CC1. The molecule has 0 aliphatic carbocycles. The maximum Gasteiger partial charge on any atom is 0.410 e. The van der Waals surface area contributed by atoms with Crippen LogP contribution in [0.1, 0.15) is 40.0 Å². The Hall–Kier alpha value is -2.29. The van der Waals surface area contributed by atoms with Crippen molar-refractivity contribution in [1.29, 1.82) is 0 Å². The molecule has 164 valence electrons. The van der Waals surface area contributed by atoms with E-state index in [-0.39, 0.29) is 18.0 Å². The summed E-state index contributed by atoms with van der Waals surface area (Å²) in [5, 5.41) is 5.52. The number of carbonyl (C=O) groups excluding carboxylic acids is 3. The number of rotatable bonds is 3. The lowest BCUT2D eigenvalue weighted by Crippen LogP contribution is -2.50. The third-order valence-electron chi connectivity index (χ3n) is 5.20. The van der Waals surface area contributed by atoms with E-state index in [4.69, 9.17) is 4.74 Å². The van der Waals surface area contributed by atoms with Gasteiger partial charge in [0.15, 0.2) is 0 Å². The predicted molar refractivity (Wildman–Crippen MR) is 117 cm³/mol. The zero-order valence-corrected chi connectivity index (χ0v) is 19.2. The molecule has 9 heteroatoms. The smallest absolute Gasteiger partial charge is 0.410 e. The van der Waals surface area contributed by atoms with E-state index in [2.05, 4.69) is 26.6 Å². The summed E-state index contributed by atoms with van der Waals surface area (Å²) in [6.45, 7) is 7.28. The molecule has 0 spiro atoms. The van der Waals surface area contributed by atoms with E-state index in [9.17, 15) is 14.4 Å². The number of anilines is 1. The minimum Gasteiger partial charge on any atom is -0.444 e. The molecule has 0 aromatic heterocycles. The van der Waals surface area contributed by atoms with Crippen LogP contribution in [-0.4, -0.2) is 65.2 Å². The minimum atomic E-state index is -0.524. The Morgan fingerprint density at radius 2 is 1.70 bits per heavy atom. The molecular weight excluding hydrogens is 452 g/mol. The number of amides is 4. The van der Waals surface area contributed by atoms with E-state index < -0.39 is 17.7 Å². The number of ether oxygens (including phenoxy) is 1. The molecular formula is C21H29BrN4O4. The van der Waals surface area contributed by atoms with Crippen molar-refractivity contribution in [2.24, 2.45) is 0 Å². The molecule has 1 unspecified atom stereocenters. The van der Waals surface area contributed by atoms with Crippen molar-refractivity contribution < 1.29 is 19.1 Å². The van der Waals surface area contributed by atoms with Crippen LogP contribution >= 0.6 is 15.9 Å². The molecule has 0 radical (unpaired) electrons. The third kappa shape index (κ3) is 5.87. The molecule has 1 aromatic carbocycles. The number of halogens is 1. The van der Waals surface area contributed by atoms with E-state index in [0.29, 0.717) is 44.6 Å². The normalized spacial score (nSPS) is 20.3. The molecule has 0 saturated carbocycles. The maximum absolute atomic E-state index is 12.8. The third-order valence-corrected chi connectivity index (χ3v) is 5.73. The first-order valence-electron chi connectivity index (χ1n) is 10.2. The van der Waals surface area contributed by atoms with E-state index in [1.165, 1.54) is 0 Å². The van der Waals surface area contributed by atoms with Crippen molar-refractivity contribution in [2.75, 3.05) is 25.0 Å². The average Bonchev–Trinajstić information content (AvgIpc) is 3.03. The zero-order chi connectivity index (χ0) is 21.9. The van der Waals surface area contributed by atoms with Crippen LogP contribution in [0.25, 0.3) is 0 Å². The molecule has 2 heterocycles. The van der Waals surface area contributed by atoms with Gasteiger partial charge < -0.3 is 25.2 Å². The van der Waals surface area contributed by atoms with Gasteiger partial charge in [0, 0.05) is 35.8 Å². The van der Waals surface area contributed by atoms with Crippen LogP contribution in [0.3, 0.4) is 0 Å². The number of nitrogens with one attached hydrogen (secondary N) is 2. The number of benzene rings is 1. The van der Waals surface area contributed by atoms with Gasteiger partial charge in [-0.2, -0.15) is 0 Å². The van der Waals surface area contributed by atoms with Crippen LogP contribution in [-0.2, 0) is 9.53 Å². The number of hydrogen-bond acceptors (Lipinski definition) is 4. The number of nitrogens with zero attached hydrogens (tertiary/aromatic N) is 2. The quantitative estimate of drug-likeness (QED) is 0.691. The molecule has 3 rings (SSSR count). The van der Waals surface area contributed by atoms with E-state index in [1.54, 1.807) is 17.0 Å². The lowest BCUT2D eigenvalue weighted by molar-refractivity contribution is -0.131. The van der Waals surface area contributed by atoms with Gasteiger partial charge in [-0.05, 0) is 64.3 Å². The Bertz CT molecular complexity index is 785. The molecule has 8 nitrogen and oxygen atoms in total. The Labute approximate surface area is 185 Å². The summed E-state index contributed by atoms with van der Waals surface area (Å²) in [5.74, 6) is -0.0586. The van der Waals surface area contributed by atoms with Crippen molar-refractivity contribution in [3.05, 3.63) is 28.7 Å². The van der Waals surface area contributed by atoms with Crippen molar-refractivity contribution in [3.8, 4) is 0 Å². The van der Waals surface area contributed by atoms with Gasteiger partial charge in [0.2, 0.25) is 5.91 Å². The first kappa shape index (κ1) is 22.4. The number of piperidine rings is 1. The second-order valence-corrected chi connectivity index (χ2v) is 9.59. The summed E-state index contributed by atoms with van der Waals surface area (Å²) in [4.78, 5) is 40.8.